The van der Waals surface area contributed by atoms with E-state index in [1.807, 2.05) is 30.3 Å². The van der Waals surface area contributed by atoms with Crippen LogP contribution in [0.1, 0.15) is 28.4 Å². The second-order valence-corrected chi connectivity index (χ2v) is 4.26. The molecule has 98 valence electrons. The molecule has 0 amide bonds. The van der Waals surface area contributed by atoms with Crippen LogP contribution in [0.4, 0.5) is 0 Å². The van der Waals surface area contributed by atoms with E-state index in [4.69, 9.17) is 9.84 Å². The highest BCUT2D eigenvalue weighted by molar-refractivity contribution is 5.87. The smallest absolute Gasteiger partial charge is 0.335 e. The van der Waals surface area contributed by atoms with Crippen LogP contribution < -0.4 is 4.74 Å². The summed E-state index contributed by atoms with van der Waals surface area (Å²) in [5, 5.41) is 8.94. The second kappa shape index (κ2) is 6.05. The van der Waals surface area contributed by atoms with Crippen LogP contribution >= 0.6 is 0 Å². The molecule has 0 heterocycles. The Kier molecular flexibility index (Phi) is 4.18. The molecule has 19 heavy (non-hydrogen) atoms. The molecule has 0 aromatic heterocycles. The number of hydrogen-bond donors (Lipinski definition) is 1. The Morgan fingerprint density at radius 3 is 2.68 bits per heavy atom. The summed E-state index contributed by atoms with van der Waals surface area (Å²) in [5.41, 5.74) is 2.28. The zero-order chi connectivity index (χ0) is 13.7. The third-order valence-corrected chi connectivity index (χ3v) is 2.92. The van der Waals surface area contributed by atoms with Crippen LogP contribution in [0.3, 0.4) is 0 Å². The molecule has 0 saturated heterocycles. The molecular weight excluding hydrogens is 240 g/mol. The van der Waals surface area contributed by atoms with E-state index in [1.54, 1.807) is 18.2 Å². The van der Waals surface area contributed by atoms with E-state index in [0.29, 0.717) is 6.61 Å². The molecule has 3 heteroatoms. The first kappa shape index (κ1) is 13.1. The summed E-state index contributed by atoms with van der Waals surface area (Å²) in [6.45, 7) is 2.45. The molecule has 0 atom stereocenters. The van der Waals surface area contributed by atoms with Crippen molar-refractivity contribution in [2.24, 2.45) is 0 Å². The molecule has 0 unspecified atom stereocenters. The van der Waals surface area contributed by atoms with Gasteiger partial charge in [-0.2, -0.15) is 0 Å². The summed E-state index contributed by atoms with van der Waals surface area (Å²) in [7, 11) is 0. The molecule has 0 aliphatic rings. The van der Waals surface area contributed by atoms with Gasteiger partial charge in [-0.25, -0.2) is 4.79 Å². The topological polar surface area (TPSA) is 46.5 Å². The van der Waals surface area contributed by atoms with Crippen molar-refractivity contribution in [3.8, 4) is 5.75 Å². The van der Waals surface area contributed by atoms with Crippen molar-refractivity contribution < 1.29 is 14.6 Å². The van der Waals surface area contributed by atoms with E-state index in [2.05, 4.69) is 6.92 Å². The summed E-state index contributed by atoms with van der Waals surface area (Å²) in [4.78, 5) is 10.9. The predicted molar refractivity (Wildman–Crippen MR) is 73.6 cm³/mol. The van der Waals surface area contributed by atoms with E-state index in [0.717, 1.165) is 23.3 Å². The number of aryl methyl sites for hydroxylation is 1. The summed E-state index contributed by atoms with van der Waals surface area (Å²) >= 11 is 0. The van der Waals surface area contributed by atoms with Gasteiger partial charge in [-0.3, -0.25) is 0 Å². The maximum absolute atomic E-state index is 10.9. The van der Waals surface area contributed by atoms with Crippen LogP contribution in [-0.2, 0) is 13.0 Å². The van der Waals surface area contributed by atoms with Crippen LogP contribution in [0, 0.1) is 0 Å². The molecule has 0 saturated carbocycles. The first-order valence-electron chi connectivity index (χ1n) is 6.23. The normalized spacial score (nSPS) is 10.2. The van der Waals surface area contributed by atoms with Gasteiger partial charge in [0.15, 0.2) is 0 Å². The Morgan fingerprint density at radius 2 is 1.95 bits per heavy atom. The average Bonchev–Trinajstić information content (AvgIpc) is 2.45. The van der Waals surface area contributed by atoms with Crippen LogP contribution in [0.25, 0.3) is 0 Å². The Balaban J connectivity index is 2.10. The quantitative estimate of drug-likeness (QED) is 0.890. The fraction of sp³-hybridized carbons (Fsp3) is 0.188. The molecule has 0 aliphatic heterocycles. The van der Waals surface area contributed by atoms with Crippen molar-refractivity contribution in [2.45, 2.75) is 20.0 Å². The van der Waals surface area contributed by atoms with E-state index in [1.165, 1.54) is 0 Å². The number of carbonyl (C=O) groups is 1. The number of benzene rings is 2. The van der Waals surface area contributed by atoms with Crippen molar-refractivity contribution in [3.63, 3.8) is 0 Å². The molecule has 2 aromatic rings. The van der Waals surface area contributed by atoms with Crippen LogP contribution in [-0.4, -0.2) is 11.1 Å². The van der Waals surface area contributed by atoms with Gasteiger partial charge in [-0.05, 0) is 35.7 Å². The summed E-state index contributed by atoms with van der Waals surface area (Å²) in [5.74, 6) is -0.0680. The molecule has 0 bridgehead atoms. The van der Waals surface area contributed by atoms with E-state index in [-0.39, 0.29) is 5.56 Å². The number of para-hydroxylation sites is 1. The molecular formula is C16H16O3. The van der Waals surface area contributed by atoms with Crippen LogP contribution in [0.2, 0.25) is 0 Å². The second-order valence-electron chi connectivity index (χ2n) is 4.26. The third-order valence-electron chi connectivity index (χ3n) is 2.92. The Bertz CT molecular complexity index is 576. The number of ether oxygens (including phenoxy) is 1. The van der Waals surface area contributed by atoms with Crippen molar-refractivity contribution in [1.29, 1.82) is 0 Å². The Labute approximate surface area is 112 Å². The molecule has 0 radical (unpaired) electrons. The number of carboxylic acids is 1. The number of carboxylic acid groups (broad SMARTS) is 1. The Hall–Kier alpha value is -2.29. The fourth-order valence-corrected chi connectivity index (χ4v) is 1.89. The van der Waals surface area contributed by atoms with E-state index >= 15 is 0 Å². The lowest BCUT2D eigenvalue weighted by Crippen LogP contribution is -2.01. The first-order valence-corrected chi connectivity index (χ1v) is 6.23. The molecule has 2 aromatic carbocycles. The van der Waals surface area contributed by atoms with Crippen molar-refractivity contribution >= 4 is 5.97 Å². The lowest BCUT2D eigenvalue weighted by molar-refractivity contribution is 0.0696. The minimum atomic E-state index is -0.921. The summed E-state index contributed by atoms with van der Waals surface area (Å²) < 4.78 is 5.76. The number of hydrogen-bond acceptors (Lipinski definition) is 2. The van der Waals surface area contributed by atoms with Gasteiger partial charge in [0.2, 0.25) is 0 Å². The van der Waals surface area contributed by atoms with Gasteiger partial charge >= 0.3 is 5.97 Å². The third kappa shape index (κ3) is 3.35. The molecule has 1 N–H and O–H groups in total. The minimum absolute atomic E-state index is 0.282. The van der Waals surface area contributed by atoms with Gasteiger partial charge in [-0.15, -0.1) is 0 Å². The molecule has 0 aliphatic carbocycles. The minimum Gasteiger partial charge on any atom is -0.489 e. The van der Waals surface area contributed by atoms with Crippen molar-refractivity contribution in [3.05, 3.63) is 65.2 Å². The van der Waals surface area contributed by atoms with Gasteiger partial charge < -0.3 is 9.84 Å². The summed E-state index contributed by atoms with van der Waals surface area (Å²) in [6, 6.07) is 14.7. The van der Waals surface area contributed by atoms with Crippen LogP contribution in [0.15, 0.2) is 48.5 Å². The van der Waals surface area contributed by atoms with Gasteiger partial charge in [-0.1, -0.05) is 37.3 Å². The fourth-order valence-electron chi connectivity index (χ4n) is 1.89. The van der Waals surface area contributed by atoms with Gasteiger partial charge in [0, 0.05) is 0 Å². The molecule has 0 spiro atoms. The van der Waals surface area contributed by atoms with Gasteiger partial charge in [0.25, 0.3) is 0 Å². The zero-order valence-electron chi connectivity index (χ0n) is 10.8. The van der Waals surface area contributed by atoms with E-state index < -0.39 is 5.97 Å². The van der Waals surface area contributed by atoms with Crippen molar-refractivity contribution in [2.75, 3.05) is 0 Å². The lowest BCUT2D eigenvalue weighted by Gasteiger charge is -2.10. The number of aromatic carboxylic acids is 1. The van der Waals surface area contributed by atoms with Crippen molar-refractivity contribution in [1.82, 2.24) is 0 Å². The van der Waals surface area contributed by atoms with Gasteiger partial charge in [0.1, 0.15) is 12.4 Å². The first-order chi connectivity index (χ1) is 9.20. The molecule has 3 nitrogen and oxygen atoms in total. The Morgan fingerprint density at radius 1 is 1.16 bits per heavy atom. The standard InChI is InChI=1S/C16H16O3/c1-2-13-7-3-4-9-15(13)19-11-12-6-5-8-14(10-12)16(17)18/h3-10H,2,11H2,1H3,(H,17,18). The highest BCUT2D eigenvalue weighted by atomic mass is 16.5. The monoisotopic (exact) mass is 256 g/mol. The maximum Gasteiger partial charge on any atom is 0.335 e. The average molecular weight is 256 g/mol. The van der Waals surface area contributed by atoms with Crippen LogP contribution in [0.5, 0.6) is 5.75 Å². The maximum atomic E-state index is 10.9. The largest absolute Gasteiger partial charge is 0.489 e. The van der Waals surface area contributed by atoms with E-state index in [9.17, 15) is 4.79 Å². The highest BCUT2D eigenvalue weighted by Gasteiger charge is 2.05. The summed E-state index contributed by atoms with van der Waals surface area (Å²) in [6.07, 6.45) is 0.908. The highest BCUT2D eigenvalue weighted by Crippen LogP contribution is 2.19. The zero-order valence-corrected chi connectivity index (χ0v) is 10.8. The molecule has 0 fully saturated rings. The lowest BCUT2D eigenvalue weighted by atomic mass is 10.1. The SMILES string of the molecule is CCc1ccccc1OCc1cccc(C(=O)O)c1. The van der Waals surface area contributed by atoms with Gasteiger partial charge in [0.05, 0.1) is 5.56 Å². The number of rotatable bonds is 5. The predicted octanol–water partition coefficient (Wildman–Crippen LogP) is 3.53. The molecule has 2 rings (SSSR count).